The maximum Gasteiger partial charge on any atom is 0.492 e. The van der Waals surface area contributed by atoms with Crippen molar-refractivity contribution < 1.29 is 14.8 Å². The van der Waals surface area contributed by atoms with E-state index in [9.17, 15) is 10.0 Å². The molecule has 2 aromatic rings. The summed E-state index contributed by atoms with van der Waals surface area (Å²) in [6, 6.07) is 13.6. The normalized spacial score (nSPS) is 10.8. The van der Waals surface area contributed by atoms with E-state index in [1.165, 1.54) is 0 Å². The lowest BCUT2D eigenvalue weighted by Crippen LogP contribution is -2.32. The number of ether oxygens (including phenoxy) is 1. The van der Waals surface area contributed by atoms with Crippen molar-refractivity contribution in [1.82, 2.24) is 0 Å². The van der Waals surface area contributed by atoms with Crippen LogP contribution in [0.25, 0.3) is 0 Å². The van der Waals surface area contributed by atoms with Gasteiger partial charge in [-0.1, -0.05) is 50.2 Å². The van der Waals surface area contributed by atoms with Crippen LogP contribution in [0.4, 0.5) is 0 Å². The summed E-state index contributed by atoms with van der Waals surface area (Å²) in [5.74, 6) is 0.970. The minimum Gasteiger partial charge on any atom is -0.488 e. The van der Waals surface area contributed by atoms with Crippen LogP contribution in [-0.4, -0.2) is 17.2 Å². The Balaban J connectivity index is 2.25. The predicted molar refractivity (Wildman–Crippen MR) is 93.3 cm³/mol. The van der Waals surface area contributed by atoms with Gasteiger partial charge >= 0.3 is 7.12 Å². The zero-order valence-corrected chi connectivity index (χ0v) is 14.4. The molecule has 22 heavy (non-hydrogen) atoms. The molecule has 0 aromatic heterocycles. The molecular weight excluding hydrogens is 343 g/mol. The van der Waals surface area contributed by atoms with E-state index in [1.54, 1.807) is 6.07 Å². The quantitative estimate of drug-likeness (QED) is 0.777. The van der Waals surface area contributed by atoms with Gasteiger partial charge in [0.1, 0.15) is 12.4 Å². The zero-order valence-electron chi connectivity index (χ0n) is 12.8. The summed E-state index contributed by atoms with van der Waals surface area (Å²) in [4.78, 5) is 0. The third-order valence-electron chi connectivity index (χ3n) is 3.28. The first-order chi connectivity index (χ1) is 10.5. The van der Waals surface area contributed by atoms with Gasteiger partial charge in [0.2, 0.25) is 0 Å². The summed E-state index contributed by atoms with van der Waals surface area (Å²) in [7, 11) is -1.56. The van der Waals surface area contributed by atoms with Gasteiger partial charge in [0.25, 0.3) is 0 Å². The maximum atomic E-state index is 9.64. The average Bonchev–Trinajstić information content (AvgIpc) is 2.46. The summed E-state index contributed by atoms with van der Waals surface area (Å²) in [6.45, 7) is 4.63. The van der Waals surface area contributed by atoms with Crippen LogP contribution < -0.4 is 10.2 Å². The molecule has 0 aliphatic heterocycles. The topological polar surface area (TPSA) is 49.7 Å². The molecular formula is C17H20BBrO3. The third kappa shape index (κ3) is 4.60. The summed E-state index contributed by atoms with van der Waals surface area (Å²) < 4.78 is 6.55. The Morgan fingerprint density at radius 3 is 2.36 bits per heavy atom. The molecule has 5 heteroatoms. The largest absolute Gasteiger partial charge is 0.492 e. The van der Waals surface area contributed by atoms with E-state index in [-0.39, 0.29) is 0 Å². The molecule has 0 aliphatic carbocycles. The first kappa shape index (κ1) is 17.1. The van der Waals surface area contributed by atoms with Crippen molar-refractivity contribution in [3.05, 3.63) is 58.1 Å². The molecule has 0 fully saturated rings. The summed E-state index contributed by atoms with van der Waals surface area (Å²) in [6.07, 6.45) is 0.872. The molecule has 0 saturated heterocycles. The second kappa shape index (κ2) is 7.81. The van der Waals surface area contributed by atoms with E-state index < -0.39 is 7.12 Å². The van der Waals surface area contributed by atoms with E-state index in [4.69, 9.17) is 4.74 Å². The molecule has 0 bridgehead atoms. The Morgan fingerprint density at radius 1 is 1.09 bits per heavy atom. The Bertz CT molecular complexity index is 615. The predicted octanol–water partition coefficient (Wildman–Crippen LogP) is 2.91. The Kier molecular flexibility index (Phi) is 6.06. The molecule has 0 aliphatic rings. The Morgan fingerprint density at radius 2 is 1.77 bits per heavy atom. The number of hydrogen-bond acceptors (Lipinski definition) is 3. The van der Waals surface area contributed by atoms with Gasteiger partial charge in [0, 0.05) is 5.46 Å². The molecule has 2 rings (SSSR count). The third-order valence-corrected chi connectivity index (χ3v) is 3.87. The van der Waals surface area contributed by atoms with E-state index >= 15 is 0 Å². The standard InChI is InChI=1S/C17H20BBrO3/c1-12(2)8-14-9-15(18(20)21)17(16(19)10-14)22-11-13-6-4-3-5-7-13/h3-7,9-10,12,20-21H,8,11H2,1-2H3. The fourth-order valence-electron chi connectivity index (χ4n) is 2.34. The van der Waals surface area contributed by atoms with Crippen LogP contribution in [0.15, 0.2) is 46.9 Å². The van der Waals surface area contributed by atoms with Crippen molar-refractivity contribution in [2.24, 2.45) is 5.92 Å². The Labute approximate surface area is 140 Å². The second-order valence-electron chi connectivity index (χ2n) is 5.74. The van der Waals surface area contributed by atoms with Crippen LogP contribution in [-0.2, 0) is 13.0 Å². The molecule has 3 nitrogen and oxygen atoms in total. The molecule has 2 aromatic carbocycles. The lowest BCUT2D eigenvalue weighted by molar-refractivity contribution is 0.304. The first-order valence-corrected chi connectivity index (χ1v) is 8.12. The highest BCUT2D eigenvalue weighted by Crippen LogP contribution is 2.26. The highest BCUT2D eigenvalue weighted by molar-refractivity contribution is 9.10. The molecule has 0 saturated carbocycles. The summed E-state index contributed by atoms with van der Waals surface area (Å²) in [5, 5.41) is 19.3. The van der Waals surface area contributed by atoms with Crippen molar-refractivity contribution in [3.63, 3.8) is 0 Å². The SMILES string of the molecule is CC(C)Cc1cc(Br)c(OCc2ccccc2)c(B(O)O)c1. The van der Waals surface area contributed by atoms with Gasteiger partial charge in [-0.2, -0.15) is 0 Å². The van der Waals surface area contributed by atoms with Gasteiger partial charge in [0.15, 0.2) is 0 Å². The molecule has 0 spiro atoms. The van der Waals surface area contributed by atoms with Crippen molar-refractivity contribution in [2.45, 2.75) is 26.9 Å². The smallest absolute Gasteiger partial charge is 0.488 e. The van der Waals surface area contributed by atoms with Crippen molar-refractivity contribution in [3.8, 4) is 5.75 Å². The first-order valence-electron chi connectivity index (χ1n) is 7.32. The fourth-order valence-corrected chi connectivity index (χ4v) is 2.97. The van der Waals surface area contributed by atoms with Crippen LogP contribution >= 0.6 is 15.9 Å². The Hall–Kier alpha value is -1.30. The number of rotatable bonds is 6. The van der Waals surface area contributed by atoms with E-state index in [0.29, 0.717) is 23.7 Å². The molecule has 116 valence electrons. The maximum absolute atomic E-state index is 9.64. The minimum atomic E-state index is -1.56. The highest BCUT2D eigenvalue weighted by atomic mass is 79.9. The highest BCUT2D eigenvalue weighted by Gasteiger charge is 2.21. The van der Waals surface area contributed by atoms with E-state index in [0.717, 1.165) is 22.0 Å². The van der Waals surface area contributed by atoms with Gasteiger partial charge in [-0.05, 0) is 45.5 Å². The van der Waals surface area contributed by atoms with Crippen molar-refractivity contribution in [2.75, 3.05) is 0 Å². The minimum absolute atomic E-state index is 0.378. The second-order valence-corrected chi connectivity index (χ2v) is 6.60. The monoisotopic (exact) mass is 362 g/mol. The summed E-state index contributed by atoms with van der Waals surface area (Å²) >= 11 is 3.48. The number of benzene rings is 2. The van der Waals surface area contributed by atoms with Crippen LogP contribution in [0.3, 0.4) is 0 Å². The average molecular weight is 363 g/mol. The van der Waals surface area contributed by atoms with Crippen LogP contribution in [0.5, 0.6) is 5.75 Å². The molecule has 0 atom stereocenters. The zero-order chi connectivity index (χ0) is 16.1. The fraction of sp³-hybridized carbons (Fsp3) is 0.294. The molecule has 0 unspecified atom stereocenters. The van der Waals surface area contributed by atoms with Crippen molar-refractivity contribution >= 4 is 28.5 Å². The summed E-state index contributed by atoms with van der Waals surface area (Å²) in [5.41, 5.74) is 2.47. The van der Waals surface area contributed by atoms with Crippen LogP contribution in [0.1, 0.15) is 25.0 Å². The number of hydrogen-bond donors (Lipinski definition) is 2. The van der Waals surface area contributed by atoms with Gasteiger partial charge in [-0.3, -0.25) is 0 Å². The lowest BCUT2D eigenvalue weighted by Gasteiger charge is -2.16. The van der Waals surface area contributed by atoms with E-state index in [1.807, 2.05) is 36.4 Å². The lowest BCUT2D eigenvalue weighted by atomic mass is 9.78. The van der Waals surface area contributed by atoms with Crippen molar-refractivity contribution in [1.29, 1.82) is 0 Å². The molecule has 2 N–H and O–H groups in total. The van der Waals surface area contributed by atoms with Gasteiger partial charge in [-0.15, -0.1) is 0 Å². The van der Waals surface area contributed by atoms with E-state index in [2.05, 4.69) is 29.8 Å². The molecule has 0 amide bonds. The van der Waals surface area contributed by atoms with Gasteiger partial charge in [0.05, 0.1) is 4.47 Å². The molecule has 0 radical (unpaired) electrons. The van der Waals surface area contributed by atoms with Gasteiger partial charge in [-0.25, -0.2) is 0 Å². The number of halogens is 1. The molecule has 0 heterocycles. The van der Waals surface area contributed by atoms with Gasteiger partial charge < -0.3 is 14.8 Å². The van der Waals surface area contributed by atoms with Crippen LogP contribution in [0.2, 0.25) is 0 Å². The van der Waals surface area contributed by atoms with Crippen LogP contribution in [0, 0.1) is 5.92 Å².